The molecule has 0 aromatic heterocycles. The van der Waals surface area contributed by atoms with E-state index in [9.17, 15) is 23.1 Å². The molecule has 0 bridgehead atoms. The smallest absolute Gasteiger partial charge is 0.379 e. The van der Waals surface area contributed by atoms with Gasteiger partial charge >= 0.3 is 11.9 Å². The second-order valence-corrected chi connectivity index (χ2v) is 3.95. The summed E-state index contributed by atoms with van der Waals surface area (Å²) in [4.78, 5) is 11.1. The van der Waals surface area contributed by atoms with Gasteiger partial charge in [0.15, 0.2) is 0 Å². The molecule has 0 amide bonds. The number of esters is 1. The minimum Gasteiger partial charge on any atom is -0.507 e. The van der Waals surface area contributed by atoms with E-state index in [1.165, 1.54) is 19.9 Å². The summed E-state index contributed by atoms with van der Waals surface area (Å²) in [5, 5.41) is 9.62. The number of aryl methyl sites for hydroxylation is 1. The van der Waals surface area contributed by atoms with Crippen molar-refractivity contribution in [1.82, 2.24) is 0 Å². The highest BCUT2D eigenvalue weighted by Crippen LogP contribution is 2.37. The summed E-state index contributed by atoms with van der Waals surface area (Å²) >= 11 is 0. The third-order valence-electron chi connectivity index (χ3n) is 2.61. The van der Waals surface area contributed by atoms with E-state index in [1.54, 1.807) is 0 Å². The topological polar surface area (TPSA) is 72.5 Å². The van der Waals surface area contributed by atoms with Crippen LogP contribution >= 0.6 is 0 Å². The fourth-order valence-electron chi connectivity index (χ4n) is 1.52. The molecule has 7 heteroatoms. The van der Waals surface area contributed by atoms with Crippen molar-refractivity contribution in [1.29, 1.82) is 0 Å². The van der Waals surface area contributed by atoms with Crippen LogP contribution in [0.15, 0.2) is 12.1 Å². The highest BCUT2D eigenvalue weighted by atomic mass is 19.3. The molecule has 0 saturated carbocycles. The average molecular weight is 277 g/mol. The molecule has 1 aromatic rings. The van der Waals surface area contributed by atoms with Crippen LogP contribution in [-0.4, -0.2) is 23.6 Å². The number of aromatic hydroxyl groups is 1. The van der Waals surface area contributed by atoms with Gasteiger partial charge in [0.05, 0.1) is 12.2 Å². The number of phenols is 1. The Morgan fingerprint density at radius 3 is 2.63 bits per heavy atom. The van der Waals surface area contributed by atoms with Crippen molar-refractivity contribution in [3.8, 4) is 5.75 Å². The van der Waals surface area contributed by atoms with Gasteiger partial charge in [-0.15, -0.1) is 0 Å². The van der Waals surface area contributed by atoms with Gasteiger partial charge in [0.2, 0.25) is 0 Å². The molecule has 1 aromatic carbocycles. The number of benzene rings is 1. The van der Waals surface area contributed by atoms with E-state index in [-0.39, 0.29) is 12.2 Å². The molecular formula is C12H14F3NO3. The summed E-state index contributed by atoms with van der Waals surface area (Å²) in [6.07, 6.45) is 0. The van der Waals surface area contributed by atoms with Crippen LogP contribution in [-0.2, 0) is 9.53 Å². The Kier molecular flexibility index (Phi) is 4.41. The molecule has 1 atom stereocenters. The first-order chi connectivity index (χ1) is 8.73. The van der Waals surface area contributed by atoms with Gasteiger partial charge in [-0.1, -0.05) is 6.07 Å². The number of halogens is 3. The average Bonchev–Trinajstić information content (AvgIpc) is 2.34. The number of alkyl halides is 2. The number of nitrogens with two attached hydrogens (primary N) is 1. The summed E-state index contributed by atoms with van der Waals surface area (Å²) in [7, 11) is 0. The summed E-state index contributed by atoms with van der Waals surface area (Å²) in [5.41, 5.74) is 4.59. The molecule has 3 N–H and O–H groups in total. The van der Waals surface area contributed by atoms with E-state index < -0.39 is 35.1 Å². The molecule has 1 rings (SSSR count). The molecule has 0 unspecified atom stereocenters. The van der Waals surface area contributed by atoms with Crippen LogP contribution in [0.25, 0.3) is 0 Å². The largest absolute Gasteiger partial charge is 0.507 e. The van der Waals surface area contributed by atoms with Crippen LogP contribution in [0, 0.1) is 12.7 Å². The molecular weight excluding hydrogens is 263 g/mol. The molecule has 0 radical (unpaired) electrons. The molecule has 19 heavy (non-hydrogen) atoms. The molecule has 0 aliphatic rings. The predicted molar refractivity (Wildman–Crippen MR) is 61.3 cm³/mol. The first-order valence-corrected chi connectivity index (χ1v) is 5.52. The molecule has 0 saturated heterocycles. The number of phenolic OH excluding ortho intramolecular Hbond substituents is 1. The van der Waals surface area contributed by atoms with Gasteiger partial charge in [-0.2, -0.15) is 8.78 Å². The lowest BCUT2D eigenvalue weighted by molar-refractivity contribution is -0.175. The van der Waals surface area contributed by atoms with Gasteiger partial charge in [-0.3, -0.25) is 0 Å². The zero-order valence-electron chi connectivity index (χ0n) is 10.4. The van der Waals surface area contributed by atoms with Crippen LogP contribution in [0.1, 0.15) is 24.1 Å². The van der Waals surface area contributed by atoms with Gasteiger partial charge in [-0.05, 0) is 25.5 Å². The van der Waals surface area contributed by atoms with Crippen molar-refractivity contribution in [2.24, 2.45) is 5.73 Å². The number of carbonyl (C=O) groups is 1. The zero-order chi connectivity index (χ0) is 14.8. The quantitative estimate of drug-likeness (QED) is 0.826. The minimum absolute atomic E-state index is 0.173. The third kappa shape index (κ3) is 2.81. The minimum atomic E-state index is -4.14. The summed E-state index contributed by atoms with van der Waals surface area (Å²) in [6, 6.07) is -0.221. The van der Waals surface area contributed by atoms with E-state index >= 15 is 0 Å². The van der Waals surface area contributed by atoms with Crippen LogP contribution in [0.4, 0.5) is 13.2 Å². The molecule has 0 heterocycles. The fourth-order valence-corrected chi connectivity index (χ4v) is 1.52. The normalized spacial score (nSPS) is 13.2. The van der Waals surface area contributed by atoms with E-state index in [2.05, 4.69) is 4.74 Å². The van der Waals surface area contributed by atoms with Crippen LogP contribution < -0.4 is 5.73 Å². The maximum atomic E-state index is 13.7. The maximum absolute atomic E-state index is 13.7. The van der Waals surface area contributed by atoms with Crippen LogP contribution in [0.2, 0.25) is 0 Å². The third-order valence-corrected chi connectivity index (χ3v) is 2.61. The number of ether oxygens (including phenoxy) is 1. The molecule has 4 nitrogen and oxygen atoms in total. The molecule has 106 valence electrons. The van der Waals surface area contributed by atoms with Gasteiger partial charge in [-0.25, -0.2) is 9.18 Å². The lowest BCUT2D eigenvalue weighted by Gasteiger charge is -2.23. The Bertz CT molecular complexity index is 491. The van der Waals surface area contributed by atoms with E-state index in [1.807, 2.05) is 0 Å². The highest BCUT2D eigenvalue weighted by Gasteiger charge is 2.49. The fraction of sp³-hybridized carbons (Fsp3) is 0.417. The second kappa shape index (κ2) is 5.48. The van der Waals surface area contributed by atoms with Crippen molar-refractivity contribution < 1.29 is 27.8 Å². The molecule has 0 spiro atoms. The number of hydrogen-bond donors (Lipinski definition) is 2. The molecule has 0 aliphatic carbocycles. The van der Waals surface area contributed by atoms with Crippen molar-refractivity contribution in [3.05, 3.63) is 29.1 Å². The maximum Gasteiger partial charge on any atom is 0.379 e. The molecule has 0 fully saturated rings. The monoisotopic (exact) mass is 277 g/mol. The number of carbonyl (C=O) groups excluding carboxylic acids is 1. The van der Waals surface area contributed by atoms with Gasteiger partial charge < -0.3 is 15.6 Å². The van der Waals surface area contributed by atoms with E-state index in [4.69, 9.17) is 5.73 Å². The van der Waals surface area contributed by atoms with Crippen molar-refractivity contribution in [2.45, 2.75) is 25.8 Å². The lowest BCUT2D eigenvalue weighted by atomic mass is 9.97. The Morgan fingerprint density at radius 1 is 1.53 bits per heavy atom. The number of hydrogen-bond acceptors (Lipinski definition) is 4. The first-order valence-electron chi connectivity index (χ1n) is 5.52. The summed E-state index contributed by atoms with van der Waals surface area (Å²) < 4.78 is 45.1. The lowest BCUT2D eigenvalue weighted by Crippen LogP contribution is -2.42. The van der Waals surface area contributed by atoms with Crippen molar-refractivity contribution in [2.75, 3.05) is 6.61 Å². The Balaban J connectivity index is 3.23. The van der Waals surface area contributed by atoms with Gasteiger partial charge in [0.25, 0.3) is 0 Å². The predicted octanol–water partition coefficient (Wildman–Crippen LogP) is 2.04. The highest BCUT2D eigenvalue weighted by molar-refractivity contribution is 5.79. The Labute approximate surface area is 108 Å². The van der Waals surface area contributed by atoms with E-state index in [0.29, 0.717) is 0 Å². The first kappa shape index (κ1) is 15.3. The zero-order valence-corrected chi connectivity index (χ0v) is 10.4. The second-order valence-electron chi connectivity index (χ2n) is 3.95. The van der Waals surface area contributed by atoms with Crippen LogP contribution in [0.3, 0.4) is 0 Å². The summed E-state index contributed by atoms with van der Waals surface area (Å²) in [5.74, 6) is -7.80. The summed E-state index contributed by atoms with van der Waals surface area (Å²) in [6.45, 7) is 2.49. The van der Waals surface area contributed by atoms with Crippen LogP contribution in [0.5, 0.6) is 5.75 Å². The molecule has 0 aliphatic heterocycles. The van der Waals surface area contributed by atoms with Gasteiger partial charge in [0, 0.05) is 0 Å². The Morgan fingerprint density at radius 2 is 2.11 bits per heavy atom. The standard InChI is InChI=1S/C12H14F3NO3/c1-3-19-11(18)12(14,15)10(16)8-7(13)5-4-6(2)9(8)17/h4-5,10,17H,3,16H2,1-2H3/t10-/m0/s1. The SMILES string of the molecule is CCOC(=O)C(F)(F)[C@@H](N)c1c(F)ccc(C)c1O. The van der Waals surface area contributed by atoms with Crippen molar-refractivity contribution in [3.63, 3.8) is 0 Å². The van der Waals surface area contributed by atoms with Gasteiger partial charge in [0.1, 0.15) is 17.6 Å². The van der Waals surface area contributed by atoms with E-state index in [0.717, 1.165) is 6.07 Å². The van der Waals surface area contributed by atoms with Crippen molar-refractivity contribution >= 4 is 5.97 Å². The number of rotatable bonds is 4. The Hall–Kier alpha value is -1.76.